The standard InChI is InChI=1S/C44H39N9O5/c45-40-38-39(28-8-13-33(14-9-28)58-32-4-2-1-3-5-32)49-53(41(38)47-25-46-40)29-10-6-26(7-11-29)27-18-20-50(21-19-27)31-23-51(24-31)30-12-15-34-35(22-30)44(57)52(43(34)56)36-16-17-37(54)48-42(36)55/h1-15,22,25,27,31,36H,16-21,23-24H2,(H2,45,46,47)(H,48,54,55). The first-order valence-corrected chi connectivity index (χ1v) is 19.6. The van der Waals surface area contributed by atoms with Crippen LogP contribution in [0, 0.1) is 0 Å². The number of carbonyl (C=O) groups is 4. The van der Waals surface area contributed by atoms with Gasteiger partial charge in [0.1, 0.15) is 35.4 Å². The summed E-state index contributed by atoms with van der Waals surface area (Å²) in [7, 11) is 0. The molecule has 0 saturated carbocycles. The lowest BCUT2D eigenvalue weighted by atomic mass is 9.88. The minimum atomic E-state index is -0.973. The minimum absolute atomic E-state index is 0.0921. The van der Waals surface area contributed by atoms with Crippen molar-refractivity contribution in [3.63, 3.8) is 0 Å². The number of anilines is 2. The normalized spacial score (nSPS) is 19.1. The molecule has 6 aromatic rings. The molecule has 10 rings (SSSR count). The number of carbonyl (C=O) groups excluding carboxylic acids is 4. The first-order valence-electron chi connectivity index (χ1n) is 19.6. The van der Waals surface area contributed by atoms with Crippen molar-refractivity contribution < 1.29 is 23.9 Å². The third-order valence-corrected chi connectivity index (χ3v) is 11.9. The number of likely N-dealkylation sites (tertiary alicyclic amines) is 1. The van der Waals surface area contributed by atoms with Crippen LogP contribution >= 0.6 is 0 Å². The van der Waals surface area contributed by atoms with Gasteiger partial charge in [-0.2, -0.15) is 5.10 Å². The summed E-state index contributed by atoms with van der Waals surface area (Å²) in [6.07, 6.45) is 3.79. The minimum Gasteiger partial charge on any atom is -0.457 e. The predicted octanol–water partition coefficient (Wildman–Crippen LogP) is 5.33. The molecule has 0 aliphatic carbocycles. The van der Waals surface area contributed by atoms with E-state index in [9.17, 15) is 19.2 Å². The van der Waals surface area contributed by atoms with E-state index in [-0.39, 0.29) is 12.8 Å². The number of ether oxygens (including phenoxy) is 1. The van der Waals surface area contributed by atoms with Crippen LogP contribution in [0.15, 0.2) is 103 Å². The molecule has 4 aliphatic heterocycles. The molecule has 0 spiro atoms. The van der Waals surface area contributed by atoms with E-state index in [1.165, 1.54) is 11.9 Å². The number of nitrogens with zero attached hydrogens (tertiary/aromatic N) is 7. The molecule has 4 amide bonds. The molecule has 6 heterocycles. The van der Waals surface area contributed by atoms with Gasteiger partial charge in [-0.3, -0.25) is 34.3 Å². The van der Waals surface area contributed by atoms with Gasteiger partial charge in [0.05, 0.1) is 22.2 Å². The van der Waals surface area contributed by atoms with Crippen molar-refractivity contribution in [3.8, 4) is 28.4 Å². The summed E-state index contributed by atoms with van der Waals surface area (Å²) in [5.74, 6) is 0.314. The van der Waals surface area contributed by atoms with E-state index in [1.807, 2.05) is 65.3 Å². The quantitative estimate of drug-likeness (QED) is 0.192. The Morgan fingerprint density at radius 1 is 0.741 bits per heavy atom. The van der Waals surface area contributed by atoms with Crippen molar-refractivity contribution >= 4 is 46.2 Å². The molecule has 0 bridgehead atoms. The number of nitrogen functional groups attached to an aromatic ring is 1. The highest BCUT2D eigenvalue weighted by Crippen LogP contribution is 2.37. The molecule has 0 radical (unpaired) electrons. The van der Waals surface area contributed by atoms with Gasteiger partial charge >= 0.3 is 0 Å². The van der Waals surface area contributed by atoms with Gasteiger partial charge in [0.2, 0.25) is 11.8 Å². The van der Waals surface area contributed by atoms with Gasteiger partial charge in [-0.25, -0.2) is 14.6 Å². The van der Waals surface area contributed by atoms with Crippen LogP contribution in [0.4, 0.5) is 11.5 Å². The zero-order chi connectivity index (χ0) is 39.5. The maximum Gasteiger partial charge on any atom is 0.262 e. The van der Waals surface area contributed by atoms with Crippen LogP contribution < -0.4 is 20.7 Å². The lowest BCUT2D eigenvalue weighted by molar-refractivity contribution is -0.136. The molecular weight excluding hydrogens is 735 g/mol. The molecule has 1 unspecified atom stereocenters. The van der Waals surface area contributed by atoms with Crippen molar-refractivity contribution in [2.24, 2.45) is 0 Å². The Morgan fingerprint density at radius 3 is 2.19 bits per heavy atom. The van der Waals surface area contributed by atoms with Crippen molar-refractivity contribution in [3.05, 3.63) is 120 Å². The third-order valence-electron chi connectivity index (χ3n) is 11.9. The van der Waals surface area contributed by atoms with Gasteiger partial charge < -0.3 is 15.4 Å². The third kappa shape index (κ3) is 6.22. The number of imide groups is 2. The van der Waals surface area contributed by atoms with Crippen molar-refractivity contribution in [2.45, 2.75) is 43.7 Å². The van der Waals surface area contributed by atoms with Gasteiger partial charge in [0, 0.05) is 36.8 Å². The van der Waals surface area contributed by atoms with E-state index in [1.54, 1.807) is 12.1 Å². The lowest BCUT2D eigenvalue weighted by Crippen LogP contribution is -2.60. The first-order chi connectivity index (χ1) is 28.3. The number of hydrogen-bond acceptors (Lipinski definition) is 11. The summed E-state index contributed by atoms with van der Waals surface area (Å²) in [6, 6.07) is 30.7. The van der Waals surface area contributed by atoms with E-state index < -0.39 is 29.7 Å². The van der Waals surface area contributed by atoms with E-state index in [2.05, 4.69) is 49.4 Å². The highest BCUT2D eigenvalue weighted by atomic mass is 16.5. The summed E-state index contributed by atoms with van der Waals surface area (Å²) in [6.45, 7) is 3.64. The molecule has 2 aromatic heterocycles. The van der Waals surface area contributed by atoms with Crippen molar-refractivity contribution in [1.82, 2.24) is 34.9 Å². The summed E-state index contributed by atoms with van der Waals surface area (Å²) in [4.78, 5) is 65.2. The van der Waals surface area contributed by atoms with Crippen LogP contribution in [0.1, 0.15) is 57.9 Å². The Labute approximate surface area is 333 Å². The van der Waals surface area contributed by atoms with E-state index in [0.29, 0.717) is 45.6 Å². The van der Waals surface area contributed by atoms with Gasteiger partial charge in [-0.05, 0) is 111 Å². The molecule has 14 heteroatoms. The van der Waals surface area contributed by atoms with E-state index in [0.717, 1.165) is 72.4 Å². The van der Waals surface area contributed by atoms with Gasteiger partial charge in [0.15, 0.2) is 5.65 Å². The molecular formula is C44H39N9O5. The number of piperidine rings is 2. The molecule has 58 heavy (non-hydrogen) atoms. The summed E-state index contributed by atoms with van der Waals surface area (Å²) < 4.78 is 7.82. The molecule has 1 atom stereocenters. The zero-order valence-corrected chi connectivity index (χ0v) is 31.5. The number of benzene rings is 4. The Balaban J connectivity index is 0.772. The number of fused-ring (bicyclic) bond motifs is 2. The summed E-state index contributed by atoms with van der Waals surface area (Å²) >= 11 is 0. The average molecular weight is 774 g/mol. The molecule has 290 valence electrons. The van der Waals surface area contributed by atoms with Crippen LogP contribution in [0.2, 0.25) is 0 Å². The molecule has 3 N–H and O–H groups in total. The second-order valence-electron chi connectivity index (χ2n) is 15.3. The van der Waals surface area contributed by atoms with Crippen LogP contribution in [0.5, 0.6) is 11.5 Å². The van der Waals surface area contributed by atoms with Crippen molar-refractivity contribution in [2.75, 3.05) is 36.8 Å². The Hall–Kier alpha value is -6.93. The van der Waals surface area contributed by atoms with Gasteiger partial charge in [-0.1, -0.05) is 30.3 Å². The van der Waals surface area contributed by atoms with E-state index in [4.69, 9.17) is 15.6 Å². The second kappa shape index (κ2) is 14.2. The maximum atomic E-state index is 13.3. The number of para-hydroxylation sites is 1. The number of aromatic nitrogens is 4. The summed E-state index contributed by atoms with van der Waals surface area (Å²) in [5.41, 5.74) is 12.3. The highest BCUT2D eigenvalue weighted by Gasteiger charge is 2.45. The van der Waals surface area contributed by atoms with Crippen LogP contribution in [-0.2, 0) is 9.59 Å². The van der Waals surface area contributed by atoms with Gasteiger partial charge in [0.25, 0.3) is 11.8 Å². The van der Waals surface area contributed by atoms with Crippen LogP contribution in [0.25, 0.3) is 28.0 Å². The first kappa shape index (κ1) is 35.5. The number of amides is 4. The topological polar surface area (TPSA) is 169 Å². The predicted molar refractivity (Wildman–Crippen MR) is 216 cm³/mol. The molecule has 14 nitrogen and oxygen atoms in total. The fraction of sp³-hybridized carbons (Fsp3) is 0.250. The van der Waals surface area contributed by atoms with Crippen molar-refractivity contribution in [1.29, 1.82) is 0 Å². The maximum absolute atomic E-state index is 13.3. The lowest BCUT2D eigenvalue weighted by Gasteiger charge is -2.48. The number of rotatable bonds is 8. The second-order valence-corrected chi connectivity index (χ2v) is 15.3. The van der Waals surface area contributed by atoms with E-state index >= 15 is 0 Å². The fourth-order valence-electron chi connectivity index (χ4n) is 8.70. The molecule has 3 fully saturated rings. The SMILES string of the molecule is Nc1ncnc2c1c(-c1ccc(Oc3ccccc3)cc1)nn2-c1ccc(C2CCN(C3CN(c4ccc5c(c4)C(=O)N(C4CCC(=O)NC4=O)C5=O)C3)CC2)cc1. The fourth-order valence-corrected chi connectivity index (χ4v) is 8.70. The molecule has 4 aliphatic rings. The highest BCUT2D eigenvalue weighted by molar-refractivity contribution is 6.23. The summed E-state index contributed by atoms with van der Waals surface area (Å²) in [5, 5.41) is 7.94. The van der Waals surface area contributed by atoms with Gasteiger partial charge in [-0.15, -0.1) is 0 Å². The van der Waals surface area contributed by atoms with Crippen LogP contribution in [0.3, 0.4) is 0 Å². The van der Waals surface area contributed by atoms with Crippen LogP contribution in [-0.4, -0.2) is 91.4 Å². The number of nitrogens with one attached hydrogen (secondary N) is 1. The Morgan fingerprint density at radius 2 is 1.45 bits per heavy atom. The molecule has 4 aromatic carbocycles. The monoisotopic (exact) mass is 773 g/mol. The number of hydrogen-bond donors (Lipinski definition) is 2. The average Bonchev–Trinajstić information content (AvgIpc) is 3.74. The Kier molecular flexibility index (Phi) is 8.70. The smallest absolute Gasteiger partial charge is 0.262 e. The largest absolute Gasteiger partial charge is 0.457 e. The number of nitrogens with two attached hydrogens (primary N) is 1. The molecule has 3 saturated heterocycles. The Bertz CT molecular complexity index is 2600. The zero-order valence-electron chi connectivity index (χ0n) is 31.5.